The summed E-state index contributed by atoms with van der Waals surface area (Å²) in [5.41, 5.74) is 2.27. The molecule has 1 saturated heterocycles. The lowest BCUT2D eigenvalue weighted by molar-refractivity contribution is -0.129. The van der Waals surface area contributed by atoms with E-state index in [2.05, 4.69) is 9.88 Å². The van der Waals surface area contributed by atoms with Gasteiger partial charge in [-0.15, -0.1) is 0 Å². The standard InChI is InChI=1S/C25H26N4O5/c1-17(30)27-8-10-28(11-9-27)19-4-6-22-21(13-19)25(32)29(15-26-22)14-20(31)5-2-18-3-7-23-24(12-18)34-16-33-23/h3-4,6-7,12-13,15H,2,5,8-11,14,16H2,1H3. The molecule has 2 aliphatic heterocycles. The number of benzene rings is 2. The second-order valence-electron chi connectivity index (χ2n) is 8.60. The molecule has 3 heterocycles. The Kier molecular flexibility index (Phi) is 5.91. The fourth-order valence-electron chi connectivity index (χ4n) is 4.39. The van der Waals surface area contributed by atoms with Gasteiger partial charge in [-0.05, 0) is 42.3 Å². The highest BCUT2D eigenvalue weighted by atomic mass is 16.7. The molecule has 0 N–H and O–H groups in total. The first-order chi connectivity index (χ1) is 16.5. The molecule has 34 heavy (non-hydrogen) atoms. The number of piperazine rings is 1. The highest BCUT2D eigenvalue weighted by Gasteiger charge is 2.20. The largest absolute Gasteiger partial charge is 0.454 e. The molecule has 3 aromatic rings. The summed E-state index contributed by atoms with van der Waals surface area (Å²) >= 11 is 0. The topological polar surface area (TPSA) is 94.0 Å². The Morgan fingerprint density at radius 2 is 1.79 bits per heavy atom. The molecule has 176 valence electrons. The molecule has 1 aromatic heterocycles. The summed E-state index contributed by atoms with van der Waals surface area (Å²) in [4.78, 5) is 45.7. The van der Waals surface area contributed by atoms with Crippen molar-refractivity contribution in [3.05, 3.63) is 58.6 Å². The zero-order valence-corrected chi connectivity index (χ0v) is 19.0. The number of nitrogens with zero attached hydrogens (tertiary/aromatic N) is 4. The van der Waals surface area contributed by atoms with Gasteiger partial charge in [0.1, 0.15) is 0 Å². The Labute approximate surface area is 196 Å². The third kappa shape index (κ3) is 4.46. The number of Topliss-reactive ketones (excluding diaryl/α,β-unsaturated/α-hetero) is 1. The molecular weight excluding hydrogens is 436 g/mol. The van der Waals surface area contributed by atoms with Gasteiger partial charge in [-0.25, -0.2) is 4.98 Å². The fraction of sp³-hybridized carbons (Fsp3) is 0.360. The lowest BCUT2D eigenvalue weighted by Crippen LogP contribution is -2.48. The number of anilines is 1. The summed E-state index contributed by atoms with van der Waals surface area (Å²) in [5.74, 6) is 1.44. The number of amides is 1. The first kappa shape index (κ1) is 21.9. The van der Waals surface area contributed by atoms with E-state index in [1.54, 1.807) is 6.92 Å². The predicted octanol–water partition coefficient (Wildman–Crippen LogP) is 2.00. The third-order valence-corrected chi connectivity index (χ3v) is 6.37. The number of ether oxygens (including phenoxy) is 2. The lowest BCUT2D eigenvalue weighted by Gasteiger charge is -2.35. The van der Waals surface area contributed by atoms with E-state index in [4.69, 9.17) is 9.47 Å². The van der Waals surface area contributed by atoms with Crippen molar-refractivity contribution in [2.75, 3.05) is 37.9 Å². The maximum Gasteiger partial charge on any atom is 0.261 e. The van der Waals surface area contributed by atoms with Crippen LogP contribution in [0.4, 0.5) is 5.69 Å². The SMILES string of the molecule is CC(=O)N1CCN(c2ccc3ncn(CC(=O)CCc4ccc5c(c4)OCO5)c(=O)c3c2)CC1. The second-order valence-corrected chi connectivity index (χ2v) is 8.60. The van der Waals surface area contributed by atoms with Crippen LogP contribution >= 0.6 is 0 Å². The van der Waals surface area contributed by atoms with Crippen LogP contribution in [-0.4, -0.2) is 59.1 Å². The van der Waals surface area contributed by atoms with Crippen molar-refractivity contribution in [3.8, 4) is 11.5 Å². The van der Waals surface area contributed by atoms with E-state index in [0.29, 0.717) is 61.4 Å². The molecule has 2 aliphatic rings. The number of fused-ring (bicyclic) bond motifs is 2. The highest BCUT2D eigenvalue weighted by Crippen LogP contribution is 2.32. The highest BCUT2D eigenvalue weighted by molar-refractivity contribution is 5.83. The Balaban J connectivity index is 1.27. The van der Waals surface area contributed by atoms with Gasteiger partial charge in [0.05, 0.1) is 23.8 Å². The van der Waals surface area contributed by atoms with Crippen LogP contribution < -0.4 is 19.9 Å². The zero-order valence-electron chi connectivity index (χ0n) is 19.0. The van der Waals surface area contributed by atoms with E-state index in [0.717, 1.165) is 11.3 Å². The minimum atomic E-state index is -0.231. The maximum atomic E-state index is 13.1. The van der Waals surface area contributed by atoms with Crippen molar-refractivity contribution in [2.24, 2.45) is 0 Å². The first-order valence-electron chi connectivity index (χ1n) is 11.4. The van der Waals surface area contributed by atoms with Crippen molar-refractivity contribution in [1.82, 2.24) is 14.5 Å². The molecule has 1 fully saturated rings. The van der Waals surface area contributed by atoms with Gasteiger partial charge in [0.2, 0.25) is 12.7 Å². The second kappa shape index (κ2) is 9.17. The van der Waals surface area contributed by atoms with Gasteiger partial charge in [0, 0.05) is 45.2 Å². The van der Waals surface area contributed by atoms with Crippen LogP contribution in [0.15, 0.2) is 47.5 Å². The van der Waals surface area contributed by atoms with Gasteiger partial charge in [0.25, 0.3) is 5.56 Å². The number of aryl methyl sites for hydroxylation is 1. The summed E-state index contributed by atoms with van der Waals surface area (Å²) in [6.07, 6.45) is 2.31. The Bertz CT molecular complexity index is 1310. The van der Waals surface area contributed by atoms with Crippen LogP contribution in [0.1, 0.15) is 18.9 Å². The van der Waals surface area contributed by atoms with Crippen LogP contribution in [-0.2, 0) is 22.6 Å². The van der Waals surface area contributed by atoms with Crippen LogP contribution in [0, 0.1) is 0 Å². The molecule has 0 saturated carbocycles. The summed E-state index contributed by atoms with van der Waals surface area (Å²) in [6, 6.07) is 11.3. The minimum absolute atomic E-state index is 0.0200. The molecule has 0 bridgehead atoms. The molecule has 9 heteroatoms. The number of hydrogen-bond acceptors (Lipinski definition) is 7. The maximum absolute atomic E-state index is 13.1. The third-order valence-electron chi connectivity index (χ3n) is 6.37. The Hall–Kier alpha value is -3.88. The summed E-state index contributed by atoms with van der Waals surface area (Å²) in [6.45, 7) is 4.50. The molecule has 2 aromatic carbocycles. The summed E-state index contributed by atoms with van der Waals surface area (Å²) in [7, 11) is 0. The van der Waals surface area contributed by atoms with Crippen molar-refractivity contribution in [2.45, 2.75) is 26.3 Å². The van der Waals surface area contributed by atoms with Crippen LogP contribution in [0.2, 0.25) is 0 Å². The van der Waals surface area contributed by atoms with E-state index >= 15 is 0 Å². The van der Waals surface area contributed by atoms with Gasteiger partial charge >= 0.3 is 0 Å². The van der Waals surface area contributed by atoms with Gasteiger partial charge in [0.15, 0.2) is 17.3 Å². The molecule has 0 atom stereocenters. The van der Waals surface area contributed by atoms with Gasteiger partial charge in [-0.2, -0.15) is 0 Å². The van der Waals surface area contributed by atoms with E-state index in [9.17, 15) is 14.4 Å². The predicted molar refractivity (Wildman–Crippen MR) is 126 cm³/mol. The number of ketones is 1. The molecule has 0 radical (unpaired) electrons. The number of rotatable bonds is 6. The molecule has 0 aliphatic carbocycles. The lowest BCUT2D eigenvalue weighted by atomic mass is 10.1. The first-order valence-corrected chi connectivity index (χ1v) is 11.4. The van der Waals surface area contributed by atoms with Crippen molar-refractivity contribution >= 4 is 28.3 Å². The smallest absolute Gasteiger partial charge is 0.261 e. The fourth-order valence-corrected chi connectivity index (χ4v) is 4.39. The van der Waals surface area contributed by atoms with Crippen LogP contribution in [0.3, 0.4) is 0 Å². The minimum Gasteiger partial charge on any atom is -0.454 e. The Morgan fingerprint density at radius 1 is 1.00 bits per heavy atom. The normalized spacial score (nSPS) is 15.1. The van der Waals surface area contributed by atoms with E-state index in [1.807, 2.05) is 41.3 Å². The molecular formula is C25H26N4O5. The van der Waals surface area contributed by atoms with Gasteiger partial charge < -0.3 is 19.3 Å². The van der Waals surface area contributed by atoms with Gasteiger partial charge in [-0.1, -0.05) is 6.07 Å². The summed E-state index contributed by atoms with van der Waals surface area (Å²) < 4.78 is 12.1. The Morgan fingerprint density at radius 3 is 2.59 bits per heavy atom. The summed E-state index contributed by atoms with van der Waals surface area (Å²) in [5, 5.41) is 0.484. The van der Waals surface area contributed by atoms with Crippen molar-refractivity contribution in [1.29, 1.82) is 0 Å². The van der Waals surface area contributed by atoms with E-state index in [1.165, 1.54) is 10.9 Å². The average molecular weight is 463 g/mol. The number of carbonyl (C=O) groups excluding carboxylic acids is 2. The van der Waals surface area contributed by atoms with Crippen molar-refractivity contribution in [3.63, 3.8) is 0 Å². The average Bonchev–Trinajstić information content (AvgIpc) is 3.32. The van der Waals surface area contributed by atoms with Crippen LogP contribution in [0.25, 0.3) is 10.9 Å². The van der Waals surface area contributed by atoms with Gasteiger partial charge in [-0.3, -0.25) is 19.0 Å². The molecule has 5 rings (SSSR count). The number of aromatic nitrogens is 2. The zero-order chi connectivity index (χ0) is 23.7. The monoisotopic (exact) mass is 462 g/mol. The number of carbonyl (C=O) groups is 2. The molecule has 1 amide bonds. The molecule has 0 spiro atoms. The van der Waals surface area contributed by atoms with E-state index < -0.39 is 0 Å². The number of hydrogen-bond donors (Lipinski definition) is 0. The molecule has 0 unspecified atom stereocenters. The quantitative estimate of drug-likeness (QED) is 0.553. The van der Waals surface area contributed by atoms with Crippen LogP contribution in [0.5, 0.6) is 11.5 Å². The van der Waals surface area contributed by atoms with Crippen molar-refractivity contribution < 1.29 is 19.1 Å². The van der Waals surface area contributed by atoms with E-state index in [-0.39, 0.29) is 30.6 Å². The molecule has 9 nitrogen and oxygen atoms in total.